The number of rotatable bonds is 4. The fraction of sp³-hybridized carbons (Fsp3) is 0.533. The van der Waals surface area contributed by atoms with Crippen molar-refractivity contribution in [2.45, 2.75) is 39.4 Å². The molecule has 25 heavy (non-hydrogen) atoms. The molecule has 0 amide bonds. The first-order valence-corrected chi connectivity index (χ1v) is 7.76. The van der Waals surface area contributed by atoms with Gasteiger partial charge in [-0.1, -0.05) is 11.6 Å². The van der Waals surface area contributed by atoms with E-state index >= 15 is 0 Å². The van der Waals surface area contributed by atoms with E-state index < -0.39 is 24.2 Å². The molecule has 1 N–H and O–H groups in total. The average Bonchev–Trinajstić information content (AvgIpc) is 2.84. The Hall–Kier alpha value is -2.03. The third-order valence-electron chi connectivity index (χ3n) is 3.77. The van der Waals surface area contributed by atoms with Crippen LogP contribution < -0.4 is 5.01 Å². The van der Waals surface area contributed by atoms with E-state index in [1.165, 1.54) is 17.1 Å². The molecule has 0 bridgehead atoms. The lowest BCUT2D eigenvalue weighted by atomic mass is 9.94. The molecule has 0 spiro atoms. The van der Waals surface area contributed by atoms with Crippen LogP contribution in [0.3, 0.4) is 0 Å². The second-order valence-corrected chi connectivity index (χ2v) is 6.73. The molecule has 6 nitrogen and oxygen atoms in total. The number of carbonyl (C=O) groups is 1. The van der Waals surface area contributed by atoms with E-state index in [4.69, 9.17) is 21.4 Å². The highest BCUT2D eigenvalue weighted by Crippen LogP contribution is 2.38. The van der Waals surface area contributed by atoms with Gasteiger partial charge in [0.15, 0.2) is 5.82 Å². The first-order chi connectivity index (χ1) is 11.4. The highest BCUT2D eigenvalue weighted by Gasteiger charge is 2.48. The van der Waals surface area contributed by atoms with Crippen LogP contribution in [0.1, 0.15) is 37.6 Å². The van der Waals surface area contributed by atoms with Gasteiger partial charge in [-0.2, -0.15) is 13.2 Å². The number of halogens is 4. The van der Waals surface area contributed by atoms with E-state index in [0.29, 0.717) is 6.42 Å². The van der Waals surface area contributed by atoms with Crippen LogP contribution in [0, 0.1) is 5.41 Å². The van der Waals surface area contributed by atoms with Gasteiger partial charge in [0, 0.05) is 6.42 Å². The van der Waals surface area contributed by atoms with Gasteiger partial charge in [-0.25, -0.2) is 14.8 Å². The first kappa shape index (κ1) is 19.3. The molecule has 2 rings (SSSR count). The normalized spacial score (nSPS) is 18.3. The minimum atomic E-state index is -4.39. The summed E-state index contributed by atoms with van der Waals surface area (Å²) >= 11 is 5.83. The monoisotopic (exact) mass is 379 g/mol. The van der Waals surface area contributed by atoms with Crippen molar-refractivity contribution in [2.75, 3.05) is 11.6 Å². The number of alkyl halides is 3. The largest absolute Gasteiger partial charge is 0.479 e. The summed E-state index contributed by atoms with van der Waals surface area (Å²) in [5.41, 5.74) is -2.15. The average molecular weight is 380 g/mol. The molecule has 1 aliphatic rings. The minimum Gasteiger partial charge on any atom is -0.479 e. The van der Waals surface area contributed by atoms with Crippen LogP contribution in [0.2, 0.25) is 5.15 Å². The third-order valence-corrected chi connectivity index (χ3v) is 4.06. The fourth-order valence-corrected chi connectivity index (χ4v) is 2.25. The van der Waals surface area contributed by atoms with Crippen molar-refractivity contribution in [1.82, 2.24) is 4.98 Å². The first-order valence-electron chi connectivity index (χ1n) is 7.38. The zero-order valence-corrected chi connectivity index (χ0v) is 14.5. The van der Waals surface area contributed by atoms with Crippen molar-refractivity contribution in [3.8, 4) is 0 Å². The summed E-state index contributed by atoms with van der Waals surface area (Å²) in [5, 5.41) is 14.3. The molecule has 0 saturated heterocycles. The maximum atomic E-state index is 12.9. The molecule has 138 valence electrons. The van der Waals surface area contributed by atoms with Crippen LogP contribution in [0.5, 0.6) is 0 Å². The predicted molar refractivity (Wildman–Crippen MR) is 86.0 cm³/mol. The van der Waals surface area contributed by atoms with E-state index in [2.05, 4.69) is 10.1 Å². The van der Waals surface area contributed by atoms with Crippen LogP contribution in [-0.2, 0) is 4.74 Å². The lowest BCUT2D eigenvalue weighted by molar-refractivity contribution is -0.220. The highest BCUT2D eigenvalue weighted by molar-refractivity contribution is 6.32. The third kappa shape index (κ3) is 4.15. The number of carboxylic acids is 1. The molecule has 0 radical (unpaired) electrons. The summed E-state index contributed by atoms with van der Waals surface area (Å²) in [4.78, 5) is 14.9. The second-order valence-electron chi connectivity index (χ2n) is 6.37. The predicted octanol–water partition coefficient (Wildman–Crippen LogP) is 3.95. The minimum absolute atomic E-state index is 0.148. The van der Waals surface area contributed by atoms with Crippen LogP contribution in [0.4, 0.5) is 19.0 Å². The second kappa shape index (κ2) is 6.70. The number of ether oxygens (including phenoxy) is 1. The van der Waals surface area contributed by atoms with Gasteiger partial charge in [0.05, 0.1) is 17.0 Å². The Kier molecular flexibility index (Phi) is 5.17. The summed E-state index contributed by atoms with van der Waals surface area (Å²) in [6, 6.07) is 2.50. The van der Waals surface area contributed by atoms with E-state index in [9.17, 15) is 18.0 Å². The van der Waals surface area contributed by atoms with Gasteiger partial charge in [-0.3, -0.25) is 0 Å². The summed E-state index contributed by atoms with van der Waals surface area (Å²) in [7, 11) is 0. The quantitative estimate of drug-likeness (QED) is 0.802. The Labute approximate surface area is 147 Å². The Morgan fingerprint density at radius 3 is 2.60 bits per heavy atom. The van der Waals surface area contributed by atoms with Crippen LogP contribution in [0.15, 0.2) is 17.2 Å². The van der Waals surface area contributed by atoms with Gasteiger partial charge in [0.1, 0.15) is 11.8 Å². The highest BCUT2D eigenvalue weighted by atomic mass is 35.5. The molecule has 1 unspecified atom stereocenters. The zero-order valence-electron chi connectivity index (χ0n) is 13.8. The topological polar surface area (TPSA) is 75.0 Å². The Balaban J connectivity index is 2.14. The number of aromatic nitrogens is 1. The molecule has 0 aliphatic carbocycles. The van der Waals surface area contributed by atoms with Gasteiger partial charge in [0.25, 0.3) is 0 Å². The standard InChI is InChI=1S/C15H17ClF3N3O3/c1-8-6-11(25-7-14(2,3)15(17,18)19)21-22(8)10-5-4-9(13(23)24)12(16)20-10/h4-5,8H,6-7H2,1-3H3,(H,23,24). The molecule has 0 fully saturated rings. The fourth-order valence-electron chi connectivity index (χ4n) is 2.02. The van der Waals surface area contributed by atoms with Crippen molar-refractivity contribution in [2.24, 2.45) is 10.5 Å². The summed E-state index contributed by atoms with van der Waals surface area (Å²) in [6.07, 6.45) is -4.09. The number of hydrogen-bond acceptors (Lipinski definition) is 5. The van der Waals surface area contributed by atoms with Gasteiger partial charge in [0.2, 0.25) is 5.90 Å². The number of hydrogen-bond donors (Lipinski definition) is 1. The van der Waals surface area contributed by atoms with Gasteiger partial charge >= 0.3 is 12.1 Å². The van der Waals surface area contributed by atoms with Crippen LogP contribution in [-0.4, -0.2) is 40.8 Å². The molecular formula is C15H17ClF3N3O3. The van der Waals surface area contributed by atoms with E-state index in [0.717, 1.165) is 13.8 Å². The van der Waals surface area contributed by atoms with Crippen molar-refractivity contribution in [1.29, 1.82) is 0 Å². The van der Waals surface area contributed by atoms with Gasteiger partial charge in [-0.15, -0.1) is 5.10 Å². The number of nitrogens with zero attached hydrogens (tertiary/aromatic N) is 3. The number of aromatic carboxylic acids is 1. The molecular weight excluding hydrogens is 363 g/mol. The van der Waals surface area contributed by atoms with Crippen molar-refractivity contribution >= 4 is 29.3 Å². The number of pyridine rings is 1. The van der Waals surface area contributed by atoms with Gasteiger partial charge < -0.3 is 9.84 Å². The van der Waals surface area contributed by atoms with Crippen LogP contribution in [0.25, 0.3) is 0 Å². The van der Waals surface area contributed by atoms with E-state index in [-0.39, 0.29) is 28.5 Å². The molecule has 1 aromatic rings. The maximum absolute atomic E-state index is 12.9. The van der Waals surface area contributed by atoms with Gasteiger partial charge in [-0.05, 0) is 32.9 Å². The molecule has 0 saturated carbocycles. The molecule has 2 heterocycles. The molecule has 1 atom stereocenters. The zero-order chi connectivity index (χ0) is 19.0. The Morgan fingerprint density at radius 1 is 1.44 bits per heavy atom. The van der Waals surface area contributed by atoms with Crippen molar-refractivity contribution < 1.29 is 27.8 Å². The lowest BCUT2D eigenvalue weighted by Gasteiger charge is -2.27. The molecule has 1 aliphatic heterocycles. The van der Waals surface area contributed by atoms with Crippen molar-refractivity contribution in [3.05, 3.63) is 22.8 Å². The number of hydrazone groups is 1. The number of carboxylic acid groups (broad SMARTS) is 1. The lowest BCUT2D eigenvalue weighted by Crippen LogP contribution is -2.37. The Bertz CT molecular complexity index is 707. The van der Waals surface area contributed by atoms with E-state index in [1.807, 2.05) is 0 Å². The maximum Gasteiger partial charge on any atom is 0.397 e. The molecule has 10 heteroatoms. The smallest absolute Gasteiger partial charge is 0.397 e. The summed E-state index contributed by atoms with van der Waals surface area (Å²) in [5.74, 6) is -0.762. The SMILES string of the molecule is CC1CC(OCC(C)(C)C(F)(F)F)=NN1c1ccc(C(=O)O)c(Cl)n1. The number of anilines is 1. The van der Waals surface area contributed by atoms with Crippen LogP contribution >= 0.6 is 11.6 Å². The molecule has 0 aromatic carbocycles. The summed E-state index contributed by atoms with van der Waals surface area (Å²) in [6.45, 7) is 3.34. The Morgan fingerprint density at radius 2 is 2.08 bits per heavy atom. The molecule has 1 aromatic heterocycles. The summed E-state index contributed by atoms with van der Waals surface area (Å²) < 4.78 is 43.9. The van der Waals surface area contributed by atoms with E-state index in [1.54, 1.807) is 6.92 Å². The van der Waals surface area contributed by atoms with Crippen molar-refractivity contribution in [3.63, 3.8) is 0 Å².